The molecule has 2 amide bonds. The molecule has 0 bridgehead atoms. The summed E-state index contributed by atoms with van der Waals surface area (Å²) in [5.74, 6) is -3.34. The van der Waals surface area contributed by atoms with Crippen LogP contribution in [0.3, 0.4) is 0 Å². The van der Waals surface area contributed by atoms with Gasteiger partial charge in [0, 0.05) is 36.8 Å². The van der Waals surface area contributed by atoms with Crippen molar-refractivity contribution in [3.63, 3.8) is 0 Å². The minimum absolute atomic E-state index is 0.0290. The molecule has 1 aliphatic rings. The Kier molecular flexibility index (Phi) is 23.0. The first-order valence-corrected chi connectivity index (χ1v) is 22.9. The Balaban J connectivity index is 0.00000160. The van der Waals surface area contributed by atoms with Gasteiger partial charge in [-0.25, -0.2) is 38.2 Å². The van der Waals surface area contributed by atoms with Crippen molar-refractivity contribution >= 4 is 81.1 Å². The molecule has 3 unspecified atom stereocenters. The summed E-state index contributed by atoms with van der Waals surface area (Å²) in [5, 5.41) is 49.3. The van der Waals surface area contributed by atoms with E-state index in [9.17, 15) is 67.5 Å². The van der Waals surface area contributed by atoms with E-state index in [1.54, 1.807) is 0 Å². The first kappa shape index (κ1) is 57.0. The van der Waals surface area contributed by atoms with Gasteiger partial charge in [-0.2, -0.15) is 4.31 Å². The van der Waals surface area contributed by atoms with Crippen LogP contribution in [0, 0.1) is 5.41 Å². The van der Waals surface area contributed by atoms with Crippen LogP contribution in [0.2, 0.25) is 0 Å². The third-order valence-electron chi connectivity index (χ3n) is 7.44. The molecule has 29 nitrogen and oxygen atoms in total. The van der Waals surface area contributed by atoms with E-state index in [4.69, 9.17) is 34.8 Å². The topological polar surface area (TPSA) is 458 Å². The van der Waals surface area contributed by atoms with Crippen LogP contribution >= 0.6 is 35.2 Å². The molecule has 8 atom stereocenters. The van der Waals surface area contributed by atoms with Crippen LogP contribution in [0.5, 0.6) is 0 Å². The van der Waals surface area contributed by atoms with Gasteiger partial charge in [0.25, 0.3) is 0 Å². The van der Waals surface area contributed by atoms with Crippen molar-refractivity contribution in [3.8, 4) is 0 Å². The van der Waals surface area contributed by atoms with Crippen LogP contribution in [0.15, 0.2) is 38.0 Å². The van der Waals surface area contributed by atoms with E-state index in [2.05, 4.69) is 47.6 Å². The molecular weight excluding hydrogens is 935 g/mol. The molecule has 63 heavy (non-hydrogen) atoms. The number of carboxylic acids is 2. The maximum absolute atomic E-state index is 12.6. The first-order valence-electron chi connectivity index (χ1n) is 17.4. The molecule has 1 saturated heterocycles. The standard InChI is InChI=1S/C24H38N7O17P3S.C3H6O3.C3H4O2/c1-4-15(33)52-8-7-26-14(32)5-6-27-22(36)19(35)24(2,3)10-45-51(42,43)48-50(40,41)44-9-13-18(47-49(37,38)39)17(34)23(46-13)31-12-30-16-20(25)28-11-29-21(16)31;1-2(4)3(5)6;1-2-3(4)5/h4,11-13,17-19,23,34-35H,1,5-10H2,2-3H3,(H,26,32)(H,27,36)(H,40,41)(H,42,43)(H2,25,28,29)(H2,37,38,39);2,4H,1H3,(H,5,6);2H,1H2,(H,4,5)/t13-,17-,18-,19+,23-;;/m1../s1. The number of aliphatic hydroxyl groups excluding tert-OH is 3. The number of ether oxygens (including phenoxy) is 1. The van der Waals surface area contributed by atoms with Gasteiger partial charge in [0.2, 0.25) is 16.9 Å². The smallest absolute Gasteiger partial charge is 0.479 e. The van der Waals surface area contributed by atoms with Gasteiger partial charge in [-0.1, -0.05) is 38.8 Å². The lowest BCUT2D eigenvalue weighted by molar-refractivity contribution is -0.145. The number of amides is 2. The lowest BCUT2D eigenvalue weighted by Gasteiger charge is -2.30. The highest BCUT2D eigenvalue weighted by atomic mass is 32.2. The molecule has 1 aliphatic heterocycles. The maximum atomic E-state index is 12.6. The zero-order chi connectivity index (χ0) is 48.5. The Morgan fingerprint density at radius 2 is 1.59 bits per heavy atom. The fourth-order valence-corrected chi connectivity index (χ4v) is 7.69. The Labute approximate surface area is 361 Å². The molecule has 1 fully saturated rings. The number of carboxylic acid groups (broad SMARTS) is 2. The van der Waals surface area contributed by atoms with Crippen LogP contribution in [-0.2, 0) is 60.3 Å². The number of nitrogen functional groups attached to an aromatic ring is 1. The SMILES string of the molecule is C=CC(=O)O.C=CC(=O)SCCNC(=O)CCNC(=O)[C@H](O)C(C)(C)COP(=O)(O)OP(=O)(O)OC[C@H]1O[C@@H](n2cnc3c(N)ncnc32)[C@H](O)[C@@H]1OP(=O)(O)O.CC(O)C(=O)O. The summed E-state index contributed by atoms with van der Waals surface area (Å²) in [5.41, 5.74) is 4.25. The summed E-state index contributed by atoms with van der Waals surface area (Å²) < 4.78 is 61.9. The second kappa shape index (κ2) is 25.4. The van der Waals surface area contributed by atoms with Crippen LogP contribution in [0.25, 0.3) is 11.2 Å². The first-order chi connectivity index (χ1) is 29.0. The number of aromatic nitrogens is 4. The predicted molar refractivity (Wildman–Crippen MR) is 214 cm³/mol. The number of fused-ring (bicyclic) bond motifs is 1. The average Bonchev–Trinajstić information content (AvgIpc) is 3.74. The van der Waals surface area contributed by atoms with Crippen molar-refractivity contribution < 1.29 is 105 Å². The molecule has 0 radical (unpaired) electrons. The number of nitrogens with two attached hydrogens (primary N) is 1. The second-order valence-corrected chi connectivity index (χ2v) is 18.3. The Morgan fingerprint density at radius 1 is 1.00 bits per heavy atom. The molecule has 356 valence electrons. The third kappa shape index (κ3) is 20.5. The number of carbonyl (C=O) groups excluding carboxylic acids is 3. The normalized spacial score (nSPS) is 20.2. The molecule has 0 aliphatic carbocycles. The van der Waals surface area contributed by atoms with Crippen molar-refractivity contribution in [1.82, 2.24) is 30.2 Å². The second-order valence-electron chi connectivity index (χ2n) is 13.0. The molecular formula is C30H48N7O22P3S. The quantitative estimate of drug-likeness (QED) is 0.0365. The van der Waals surface area contributed by atoms with Crippen LogP contribution in [0.1, 0.15) is 33.4 Å². The number of rotatable bonds is 22. The number of hydrogen-bond donors (Lipinski definition) is 12. The Bertz CT molecular complexity index is 2070. The van der Waals surface area contributed by atoms with Crippen molar-refractivity contribution in [1.29, 1.82) is 0 Å². The molecule has 3 rings (SSSR count). The molecule has 2 aromatic rings. The predicted octanol–water partition coefficient (Wildman–Crippen LogP) is -1.44. The molecule has 33 heteroatoms. The number of nitrogens with one attached hydrogen (secondary N) is 2. The number of anilines is 1. The average molecular weight is 984 g/mol. The fourth-order valence-electron chi connectivity index (χ4n) is 4.34. The van der Waals surface area contributed by atoms with Gasteiger partial charge in [0.15, 0.2) is 17.7 Å². The van der Waals surface area contributed by atoms with Crippen molar-refractivity contribution in [2.45, 2.75) is 63.9 Å². The number of imidazole rings is 1. The monoisotopic (exact) mass is 983 g/mol. The van der Waals surface area contributed by atoms with E-state index in [0.717, 1.165) is 41.1 Å². The van der Waals surface area contributed by atoms with Crippen molar-refractivity contribution in [2.24, 2.45) is 5.41 Å². The van der Waals surface area contributed by atoms with Gasteiger partial charge in [-0.3, -0.25) is 32.5 Å². The summed E-state index contributed by atoms with van der Waals surface area (Å²) >= 11 is 0.952. The molecule has 0 saturated carbocycles. The van der Waals surface area contributed by atoms with E-state index >= 15 is 0 Å². The lowest BCUT2D eigenvalue weighted by atomic mass is 9.87. The van der Waals surface area contributed by atoms with Crippen LogP contribution in [0.4, 0.5) is 5.82 Å². The number of phosphoric ester groups is 3. The highest BCUT2D eigenvalue weighted by Crippen LogP contribution is 2.61. The van der Waals surface area contributed by atoms with E-state index in [0.29, 0.717) is 5.75 Å². The van der Waals surface area contributed by atoms with Gasteiger partial charge >= 0.3 is 35.4 Å². The van der Waals surface area contributed by atoms with E-state index in [1.807, 2.05) is 0 Å². The number of hydrogen-bond acceptors (Lipinski definition) is 21. The van der Waals surface area contributed by atoms with E-state index in [-0.39, 0.29) is 41.6 Å². The third-order valence-corrected chi connectivity index (χ3v) is 11.4. The number of aliphatic hydroxyl groups is 3. The molecule has 0 aromatic carbocycles. The van der Waals surface area contributed by atoms with Crippen LogP contribution < -0.4 is 16.4 Å². The summed E-state index contributed by atoms with van der Waals surface area (Å²) in [6, 6.07) is 0. The zero-order valence-electron chi connectivity index (χ0n) is 33.4. The van der Waals surface area contributed by atoms with Gasteiger partial charge in [0.1, 0.15) is 42.4 Å². The number of carbonyl (C=O) groups is 5. The fraction of sp³-hybridized carbons (Fsp3) is 0.533. The Hall–Kier alpha value is -4.06. The zero-order valence-corrected chi connectivity index (χ0v) is 36.9. The van der Waals surface area contributed by atoms with Gasteiger partial charge in [-0.15, -0.1) is 0 Å². The highest BCUT2D eigenvalue weighted by molar-refractivity contribution is 8.14. The largest absolute Gasteiger partial charge is 0.481 e. The maximum Gasteiger partial charge on any atom is 0.481 e. The summed E-state index contributed by atoms with van der Waals surface area (Å²) in [4.78, 5) is 105. The molecule has 13 N–H and O–H groups in total. The minimum atomic E-state index is -5.56. The minimum Gasteiger partial charge on any atom is -0.479 e. The van der Waals surface area contributed by atoms with Crippen molar-refractivity contribution in [2.75, 3.05) is 37.8 Å². The lowest BCUT2D eigenvalue weighted by Crippen LogP contribution is -2.46. The number of phosphoric acid groups is 3. The molecule has 2 aromatic heterocycles. The number of aliphatic carboxylic acids is 2. The molecule has 0 spiro atoms. The van der Waals surface area contributed by atoms with Gasteiger partial charge in [0.05, 0.1) is 19.5 Å². The highest BCUT2D eigenvalue weighted by Gasteiger charge is 2.50. The van der Waals surface area contributed by atoms with Gasteiger partial charge in [-0.05, 0) is 13.0 Å². The van der Waals surface area contributed by atoms with E-state index in [1.165, 1.54) is 20.8 Å². The Morgan fingerprint density at radius 3 is 2.13 bits per heavy atom. The van der Waals surface area contributed by atoms with E-state index < -0.39 is 103 Å². The van der Waals surface area contributed by atoms with Crippen molar-refractivity contribution in [3.05, 3.63) is 38.0 Å². The summed E-state index contributed by atoms with van der Waals surface area (Å²) in [6.45, 7) is 7.92. The summed E-state index contributed by atoms with van der Waals surface area (Å²) in [6.07, 6.45) is -6.19. The molecule has 3 heterocycles. The number of thioether (sulfide) groups is 1. The van der Waals surface area contributed by atoms with Gasteiger partial charge < -0.3 is 66.2 Å². The van der Waals surface area contributed by atoms with Crippen LogP contribution in [-0.4, -0.2) is 156 Å². The summed E-state index contributed by atoms with van der Waals surface area (Å²) in [7, 11) is -16.4. The number of nitrogens with zero attached hydrogens (tertiary/aromatic N) is 4.